The van der Waals surface area contributed by atoms with Crippen LogP contribution in [0.2, 0.25) is 5.02 Å². The number of sulfonamides is 1. The Labute approximate surface area is 265 Å². The number of likely N-dealkylation sites (N-methyl/N-ethyl adjacent to an activating group) is 1. The van der Waals surface area contributed by atoms with Crippen LogP contribution in [0, 0.1) is 20.8 Å². The maximum atomic E-state index is 14.5. The highest BCUT2D eigenvalue weighted by atomic mass is 35.5. The number of hydrogen-bond acceptors (Lipinski definition) is 4. The average molecular weight is 632 g/mol. The largest absolute Gasteiger partial charge is 0.355 e. The van der Waals surface area contributed by atoms with Gasteiger partial charge in [-0.1, -0.05) is 95.5 Å². The number of aryl methyl sites for hydroxylation is 2. The molecule has 0 radical (unpaired) electrons. The number of nitrogens with one attached hydrogen (secondary N) is 1. The van der Waals surface area contributed by atoms with Crippen molar-refractivity contribution in [1.82, 2.24) is 10.2 Å². The average Bonchev–Trinajstić information content (AvgIpc) is 3.01. The molecule has 1 atom stereocenters. The van der Waals surface area contributed by atoms with Crippen LogP contribution in [0.15, 0.2) is 102 Å². The van der Waals surface area contributed by atoms with Crippen LogP contribution in [0.4, 0.5) is 5.69 Å². The second-order valence-electron chi connectivity index (χ2n) is 10.8. The molecule has 4 aromatic carbocycles. The summed E-state index contributed by atoms with van der Waals surface area (Å²) in [6.45, 7) is 7.34. The van der Waals surface area contributed by atoms with Gasteiger partial charge >= 0.3 is 0 Å². The first-order chi connectivity index (χ1) is 21.0. The predicted octanol–water partition coefficient (Wildman–Crippen LogP) is 6.24. The number of nitrogens with zero attached hydrogens (tertiary/aromatic N) is 2. The van der Waals surface area contributed by atoms with Crippen LogP contribution in [0.3, 0.4) is 0 Å². The highest BCUT2D eigenvalue weighted by Crippen LogP contribution is 2.31. The Balaban J connectivity index is 1.82. The summed E-state index contributed by atoms with van der Waals surface area (Å²) in [6.07, 6.45) is 0.255. The Kier molecular flexibility index (Phi) is 10.8. The van der Waals surface area contributed by atoms with Crippen molar-refractivity contribution in [2.24, 2.45) is 0 Å². The van der Waals surface area contributed by atoms with E-state index in [4.69, 9.17) is 11.6 Å². The summed E-state index contributed by atoms with van der Waals surface area (Å²) in [5, 5.41) is 3.25. The van der Waals surface area contributed by atoms with E-state index in [0.29, 0.717) is 22.8 Å². The zero-order valence-electron chi connectivity index (χ0n) is 25.5. The first-order valence-electron chi connectivity index (χ1n) is 14.5. The molecule has 0 heterocycles. The number of carbonyl (C=O) groups excluding carboxylic acids is 2. The Hall–Kier alpha value is -4.14. The summed E-state index contributed by atoms with van der Waals surface area (Å²) in [5.41, 5.74) is 4.47. The van der Waals surface area contributed by atoms with Gasteiger partial charge in [0.05, 0.1) is 10.6 Å². The van der Waals surface area contributed by atoms with E-state index in [1.54, 1.807) is 37.3 Å². The third kappa shape index (κ3) is 7.87. The summed E-state index contributed by atoms with van der Waals surface area (Å²) in [6, 6.07) is 27.7. The van der Waals surface area contributed by atoms with E-state index >= 15 is 0 Å². The van der Waals surface area contributed by atoms with Gasteiger partial charge in [0.2, 0.25) is 11.8 Å². The van der Waals surface area contributed by atoms with E-state index in [9.17, 15) is 18.0 Å². The minimum atomic E-state index is -4.21. The number of carbonyl (C=O) groups is 2. The molecule has 44 heavy (non-hydrogen) atoms. The molecule has 4 rings (SSSR count). The minimum absolute atomic E-state index is 0.0462. The van der Waals surface area contributed by atoms with Crippen LogP contribution < -0.4 is 9.62 Å². The van der Waals surface area contributed by atoms with Crippen molar-refractivity contribution in [2.75, 3.05) is 17.4 Å². The lowest BCUT2D eigenvalue weighted by atomic mass is 10.0. The second-order valence-corrected chi connectivity index (χ2v) is 13.1. The van der Waals surface area contributed by atoms with Crippen molar-refractivity contribution in [3.63, 3.8) is 0 Å². The maximum absolute atomic E-state index is 14.5. The molecule has 0 spiro atoms. The summed E-state index contributed by atoms with van der Waals surface area (Å²) in [7, 11) is -4.21. The molecule has 0 aliphatic heterocycles. The minimum Gasteiger partial charge on any atom is -0.355 e. The topological polar surface area (TPSA) is 86.8 Å². The third-order valence-corrected chi connectivity index (χ3v) is 9.67. The predicted molar refractivity (Wildman–Crippen MR) is 176 cm³/mol. The van der Waals surface area contributed by atoms with Gasteiger partial charge in [0, 0.05) is 24.5 Å². The Morgan fingerprint density at radius 2 is 1.41 bits per heavy atom. The Morgan fingerprint density at radius 1 is 0.795 bits per heavy atom. The molecular weight excluding hydrogens is 594 g/mol. The first kappa shape index (κ1) is 32.8. The van der Waals surface area contributed by atoms with Crippen LogP contribution in [0.5, 0.6) is 0 Å². The lowest BCUT2D eigenvalue weighted by Gasteiger charge is -2.34. The smallest absolute Gasteiger partial charge is 0.264 e. The van der Waals surface area contributed by atoms with E-state index in [-0.39, 0.29) is 23.8 Å². The number of benzene rings is 4. The van der Waals surface area contributed by atoms with E-state index < -0.39 is 28.5 Å². The molecule has 0 bridgehead atoms. The molecule has 0 saturated heterocycles. The fraction of sp³-hybridized carbons (Fsp3) is 0.257. The molecule has 9 heteroatoms. The molecule has 230 valence electrons. The van der Waals surface area contributed by atoms with E-state index in [1.165, 1.54) is 17.0 Å². The van der Waals surface area contributed by atoms with Gasteiger partial charge in [-0.3, -0.25) is 13.9 Å². The van der Waals surface area contributed by atoms with Crippen LogP contribution in [0.25, 0.3) is 0 Å². The van der Waals surface area contributed by atoms with Crippen molar-refractivity contribution in [2.45, 2.75) is 51.6 Å². The monoisotopic (exact) mass is 631 g/mol. The molecule has 4 aromatic rings. The van der Waals surface area contributed by atoms with Crippen molar-refractivity contribution in [1.29, 1.82) is 0 Å². The normalized spacial score (nSPS) is 11.9. The number of hydrogen-bond donors (Lipinski definition) is 1. The number of halogens is 1. The number of rotatable bonds is 12. The molecular formula is C35H38ClN3O4S. The van der Waals surface area contributed by atoms with Crippen molar-refractivity contribution >= 4 is 39.1 Å². The Bertz CT molecular complexity index is 1690. The lowest BCUT2D eigenvalue weighted by Crippen LogP contribution is -2.53. The maximum Gasteiger partial charge on any atom is 0.264 e. The fourth-order valence-electron chi connectivity index (χ4n) is 4.95. The second kappa shape index (κ2) is 14.6. The van der Waals surface area contributed by atoms with Crippen LogP contribution >= 0.6 is 11.6 Å². The van der Waals surface area contributed by atoms with Gasteiger partial charge in [-0.25, -0.2) is 8.42 Å². The first-order valence-corrected chi connectivity index (χ1v) is 16.3. The quantitative estimate of drug-likeness (QED) is 0.201. The van der Waals surface area contributed by atoms with Gasteiger partial charge in [0.25, 0.3) is 10.0 Å². The molecule has 0 aliphatic carbocycles. The van der Waals surface area contributed by atoms with Crippen molar-refractivity contribution < 1.29 is 18.0 Å². The van der Waals surface area contributed by atoms with Crippen molar-refractivity contribution in [3.8, 4) is 0 Å². The van der Waals surface area contributed by atoms with E-state index in [0.717, 1.165) is 26.6 Å². The molecule has 0 aliphatic rings. The molecule has 0 aromatic heterocycles. The molecule has 2 amide bonds. The number of amides is 2. The van der Waals surface area contributed by atoms with Crippen LogP contribution in [-0.4, -0.2) is 44.3 Å². The molecule has 7 nitrogen and oxygen atoms in total. The van der Waals surface area contributed by atoms with Crippen molar-refractivity contribution in [3.05, 3.63) is 130 Å². The van der Waals surface area contributed by atoms with Gasteiger partial charge in [0.1, 0.15) is 12.6 Å². The molecule has 1 N–H and O–H groups in total. The Morgan fingerprint density at radius 3 is 2.02 bits per heavy atom. The van der Waals surface area contributed by atoms with Gasteiger partial charge < -0.3 is 10.2 Å². The molecule has 0 fully saturated rings. The summed E-state index contributed by atoms with van der Waals surface area (Å²) in [4.78, 5) is 29.6. The van der Waals surface area contributed by atoms with Gasteiger partial charge in [-0.2, -0.15) is 0 Å². The zero-order chi connectivity index (χ0) is 31.9. The van der Waals surface area contributed by atoms with Gasteiger partial charge in [-0.15, -0.1) is 0 Å². The SMILES string of the molecule is CCNC(=O)[C@H](Cc1ccccc1)N(Cc1ccc(C)cc1)C(=O)CN(c1cccc(Cl)c1C)S(=O)(=O)c1ccc(C)cc1. The standard InChI is InChI=1S/C35H38ClN3O4S/c1-5-37-35(41)33(22-28-10-7-6-8-11-28)38(23-29-18-14-25(2)15-19-29)34(40)24-39(32-13-9-12-31(36)27(32)4)44(42,43)30-20-16-26(3)17-21-30/h6-21,33H,5,22-24H2,1-4H3,(H,37,41)/t33-/m0/s1. The van der Waals surface area contributed by atoms with Crippen LogP contribution in [0.1, 0.15) is 34.7 Å². The molecule has 0 unspecified atom stereocenters. The van der Waals surface area contributed by atoms with E-state index in [1.807, 2.05) is 75.4 Å². The summed E-state index contributed by atoms with van der Waals surface area (Å²) < 4.78 is 29.5. The van der Waals surface area contributed by atoms with E-state index in [2.05, 4.69) is 5.32 Å². The lowest BCUT2D eigenvalue weighted by molar-refractivity contribution is -0.140. The highest BCUT2D eigenvalue weighted by Gasteiger charge is 2.35. The third-order valence-electron chi connectivity index (χ3n) is 7.49. The fourth-order valence-corrected chi connectivity index (χ4v) is 6.59. The summed E-state index contributed by atoms with van der Waals surface area (Å²) in [5.74, 6) is -0.837. The zero-order valence-corrected chi connectivity index (χ0v) is 27.0. The van der Waals surface area contributed by atoms with Gasteiger partial charge in [-0.05, 0) is 68.7 Å². The number of anilines is 1. The molecule has 0 saturated carbocycles. The van der Waals surface area contributed by atoms with Crippen LogP contribution in [-0.2, 0) is 32.6 Å². The highest BCUT2D eigenvalue weighted by molar-refractivity contribution is 7.92. The van der Waals surface area contributed by atoms with Gasteiger partial charge in [0.15, 0.2) is 0 Å². The summed E-state index contributed by atoms with van der Waals surface area (Å²) >= 11 is 6.44.